The Bertz CT molecular complexity index is 1180. The van der Waals surface area contributed by atoms with E-state index in [9.17, 15) is 4.79 Å². The molecule has 1 aliphatic rings. The van der Waals surface area contributed by atoms with E-state index in [0.29, 0.717) is 22.4 Å². The highest BCUT2D eigenvalue weighted by Gasteiger charge is 2.34. The Labute approximate surface area is 191 Å². The van der Waals surface area contributed by atoms with Crippen molar-refractivity contribution in [1.29, 1.82) is 0 Å². The molecule has 3 aromatic rings. The fourth-order valence-electron chi connectivity index (χ4n) is 3.17. The molecule has 1 aliphatic heterocycles. The van der Waals surface area contributed by atoms with E-state index in [1.54, 1.807) is 23.4 Å². The van der Waals surface area contributed by atoms with Gasteiger partial charge >= 0.3 is 0 Å². The monoisotopic (exact) mass is 444 g/mol. The fourth-order valence-corrected chi connectivity index (χ4v) is 4.11. The lowest BCUT2D eigenvalue weighted by Crippen LogP contribution is -2.28. The summed E-state index contributed by atoms with van der Waals surface area (Å²) >= 11 is 1.32. The predicted octanol–water partition coefficient (Wildman–Crippen LogP) is 5.16. The zero-order valence-corrected chi connectivity index (χ0v) is 19.0. The Morgan fingerprint density at radius 1 is 1.06 bits per heavy atom. The van der Waals surface area contributed by atoms with Gasteiger partial charge in [-0.25, -0.2) is 0 Å². The number of carbonyl (C=O) groups is 1. The SMILES string of the molecule is Cc1ccccc1/C=N/N=C1\S/C(=C\c2ccc(N(C)C)cc2)C(=O)N1Cc1ccco1. The standard InChI is InChI=1S/C25H24N4O2S/c1-18-7-4-5-8-20(18)16-26-27-25-29(17-22-9-6-14-31-22)24(30)23(32-25)15-19-10-12-21(13-11-19)28(2)3/h4-16H,17H2,1-3H3/b23-15-,26-16+,27-25-. The molecule has 0 saturated carbocycles. The third-order valence-electron chi connectivity index (χ3n) is 5.02. The van der Waals surface area contributed by atoms with Crippen LogP contribution >= 0.6 is 11.8 Å². The number of amidine groups is 1. The number of carbonyl (C=O) groups excluding carboxylic acids is 1. The van der Waals surface area contributed by atoms with E-state index < -0.39 is 0 Å². The van der Waals surface area contributed by atoms with E-state index in [1.807, 2.05) is 86.6 Å². The minimum Gasteiger partial charge on any atom is -0.467 e. The first-order valence-electron chi connectivity index (χ1n) is 10.2. The lowest BCUT2D eigenvalue weighted by atomic mass is 10.1. The van der Waals surface area contributed by atoms with Gasteiger partial charge in [-0.2, -0.15) is 5.10 Å². The molecule has 0 N–H and O–H groups in total. The Balaban J connectivity index is 1.61. The molecule has 0 unspecified atom stereocenters. The highest BCUT2D eigenvalue weighted by Crippen LogP contribution is 2.34. The van der Waals surface area contributed by atoms with Crippen molar-refractivity contribution in [2.24, 2.45) is 10.2 Å². The largest absolute Gasteiger partial charge is 0.467 e. The van der Waals surface area contributed by atoms with Crippen molar-refractivity contribution in [2.45, 2.75) is 13.5 Å². The number of hydrogen-bond acceptors (Lipinski definition) is 6. The number of benzene rings is 2. The summed E-state index contributed by atoms with van der Waals surface area (Å²) in [5.74, 6) is 0.569. The van der Waals surface area contributed by atoms with E-state index in [1.165, 1.54) is 11.8 Å². The molecule has 4 rings (SSSR count). The molecule has 1 aromatic heterocycles. The molecule has 1 fully saturated rings. The van der Waals surface area contributed by atoms with Gasteiger partial charge in [-0.15, -0.1) is 5.10 Å². The van der Waals surface area contributed by atoms with E-state index in [0.717, 1.165) is 22.4 Å². The first kappa shape index (κ1) is 21.6. The van der Waals surface area contributed by atoms with Gasteiger partial charge in [0.15, 0.2) is 5.17 Å². The van der Waals surface area contributed by atoms with Crippen LogP contribution < -0.4 is 4.90 Å². The van der Waals surface area contributed by atoms with Crippen LogP contribution in [0.3, 0.4) is 0 Å². The van der Waals surface area contributed by atoms with Gasteiger partial charge in [0, 0.05) is 19.8 Å². The maximum absolute atomic E-state index is 13.2. The molecule has 0 aliphatic carbocycles. The maximum Gasteiger partial charge on any atom is 0.267 e. The van der Waals surface area contributed by atoms with Crippen molar-refractivity contribution in [3.63, 3.8) is 0 Å². The molecule has 32 heavy (non-hydrogen) atoms. The zero-order chi connectivity index (χ0) is 22.5. The predicted molar refractivity (Wildman–Crippen MR) is 132 cm³/mol. The van der Waals surface area contributed by atoms with Crippen LogP contribution in [-0.4, -0.2) is 36.3 Å². The first-order chi connectivity index (χ1) is 15.5. The lowest BCUT2D eigenvalue weighted by Gasteiger charge is -2.12. The summed E-state index contributed by atoms with van der Waals surface area (Å²) < 4.78 is 5.45. The van der Waals surface area contributed by atoms with Crippen molar-refractivity contribution in [3.05, 3.63) is 94.3 Å². The number of amides is 1. The van der Waals surface area contributed by atoms with Crippen LogP contribution in [0.2, 0.25) is 0 Å². The van der Waals surface area contributed by atoms with E-state index >= 15 is 0 Å². The summed E-state index contributed by atoms with van der Waals surface area (Å²) in [5, 5.41) is 9.14. The smallest absolute Gasteiger partial charge is 0.267 e. The molecule has 0 bridgehead atoms. The summed E-state index contributed by atoms with van der Waals surface area (Å²) in [6.07, 6.45) is 5.19. The van der Waals surface area contributed by atoms with Crippen LogP contribution in [0.1, 0.15) is 22.5 Å². The Morgan fingerprint density at radius 2 is 1.84 bits per heavy atom. The second-order valence-corrected chi connectivity index (χ2v) is 8.56. The Morgan fingerprint density at radius 3 is 2.53 bits per heavy atom. The second-order valence-electron chi connectivity index (χ2n) is 7.55. The highest BCUT2D eigenvalue weighted by molar-refractivity contribution is 8.18. The molecule has 1 saturated heterocycles. The third-order valence-corrected chi connectivity index (χ3v) is 6.01. The summed E-state index contributed by atoms with van der Waals surface area (Å²) in [7, 11) is 3.99. The average Bonchev–Trinajstić information content (AvgIpc) is 3.40. The Hall–Kier alpha value is -3.58. The van der Waals surface area contributed by atoms with Gasteiger partial charge in [0.2, 0.25) is 0 Å². The minimum atomic E-state index is -0.118. The topological polar surface area (TPSA) is 61.4 Å². The van der Waals surface area contributed by atoms with E-state index in [4.69, 9.17) is 4.42 Å². The van der Waals surface area contributed by atoms with Gasteiger partial charge in [0.25, 0.3) is 5.91 Å². The molecular weight excluding hydrogens is 420 g/mol. The molecule has 6 nitrogen and oxygen atoms in total. The number of hydrogen-bond donors (Lipinski definition) is 0. The first-order valence-corrected chi connectivity index (χ1v) is 11.0. The summed E-state index contributed by atoms with van der Waals surface area (Å²) in [6.45, 7) is 2.32. The summed E-state index contributed by atoms with van der Waals surface area (Å²) in [4.78, 5) is 17.4. The van der Waals surface area contributed by atoms with Gasteiger partial charge in [0.1, 0.15) is 5.76 Å². The van der Waals surface area contributed by atoms with Crippen molar-refractivity contribution >= 4 is 40.8 Å². The van der Waals surface area contributed by atoms with Crippen molar-refractivity contribution in [1.82, 2.24) is 4.90 Å². The van der Waals surface area contributed by atoms with Crippen LogP contribution in [0.4, 0.5) is 5.69 Å². The molecule has 0 radical (unpaired) electrons. The number of rotatable bonds is 6. The molecular formula is C25H24N4O2S. The van der Waals surface area contributed by atoms with Crippen molar-refractivity contribution in [2.75, 3.05) is 19.0 Å². The molecule has 0 spiro atoms. The third kappa shape index (κ3) is 5.00. The number of nitrogens with zero attached hydrogens (tertiary/aromatic N) is 4. The van der Waals surface area contributed by atoms with Gasteiger partial charge < -0.3 is 9.32 Å². The van der Waals surface area contributed by atoms with Gasteiger partial charge in [-0.05, 0) is 65.7 Å². The second kappa shape index (κ2) is 9.70. The normalized spacial score (nSPS) is 16.6. The van der Waals surface area contributed by atoms with Gasteiger partial charge in [-0.3, -0.25) is 9.69 Å². The van der Waals surface area contributed by atoms with Gasteiger partial charge in [-0.1, -0.05) is 36.4 Å². The van der Waals surface area contributed by atoms with Crippen molar-refractivity contribution in [3.8, 4) is 0 Å². The van der Waals surface area contributed by atoms with Crippen LogP contribution in [0.25, 0.3) is 6.08 Å². The maximum atomic E-state index is 13.2. The molecule has 162 valence electrons. The molecule has 7 heteroatoms. The van der Waals surface area contributed by atoms with E-state index in [2.05, 4.69) is 10.2 Å². The van der Waals surface area contributed by atoms with E-state index in [-0.39, 0.29) is 5.91 Å². The highest BCUT2D eigenvalue weighted by atomic mass is 32.2. The molecule has 2 heterocycles. The Kier molecular flexibility index (Phi) is 6.56. The molecule has 0 atom stereocenters. The number of thioether (sulfide) groups is 1. The van der Waals surface area contributed by atoms with Crippen LogP contribution in [0.15, 0.2) is 86.5 Å². The summed E-state index contributed by atoms with van der Waals surface area (Å²) in [5.41, 5.74) is 4.15. The van der Waals surface area contributed by atoms with Crippen LogP contribution in [0.5, 0.6) is 0 Å². The molecule has 1 amide bonds. The fraction of sp³-hybridized carbons (Fsp3) is 0.160. The minimum absolute atomic E-state index is 0.118. The van der Waals surface area contributed by atoms with Crippen molar-refractivity contribution < 1.29 is 9.21 Å². The van der Waals surface area contributed by atoms with Crippen LogP contribution in [0, 0.1) is 6.92 Å². The van der Waals surface area contributed by atoms with Crippen LogP contribution in [-0.2, 0) is 11.3 Å². The zero-order valence-electron chi connectivity index (χ0n) is 18.2. The van der Waals surface area contributed by atoms with Gasteiger partial charge in [0.05, 0.1) is 23.9 Å². The number of anilines is 1. The number of furan rings is 1. The number of aryl methyl sites for hydroxylation is 1. The quantitative estimate of drug-likeness (QED) is 0.299. The lowest BCUT2D eigenvalue weighted by molar-refractivity contribution is -0.122. The molecule has 2 aromatic carbocycles. The average molecular weight is 445 g/mol. The summed E-state index contributed by atoms with van der Waals surface area (Å²) in [6, 6.07) is 19.6.